The molecule has 0 saturated heterocycles. The minimum absolute atomic E-state index is 0.446. The molecule has 0 fully saturated rings. The van der Waals surface area contributed by atoms with E-state index in [1.54, 1.807) is 0 Å². The first-order valence-corrected chi connectivity index (χ1v) is 50.9. The molecule has 0 N–H and O–H groups in total. The van der Waals surface area contributed by atoms with Gasteiger partial charge in [0.2, 0.25) is 0 Å². The average Bonchev–Trinajstić information content (AvgIpc) is 0.621. The van der Waals surface area contributed by atoms with E-state index in [9.17, 15) is 0 Å². The van der Waals surface area contributed by atoms with Crippen molar-refractivity contribution in [1.29, 1.82) is 0 Å². The predicted octanol–water partition coefficient (Wildman–Crippen LogP) is 16.2. The molecule has 15 rings (SSSR count). The van der Waals surface area contributed by atoms with Crippen molar-refractivity contribution in [3.05, 3.63) is 455 Å². The summed E-state index contributed by atoms with van der Waals surface area (Å²) in [6, 6.07) is 179. The van der Waals surface area contributed by atoms with E-state index in [1.165, 1.54) is 79.6 Å². The molecule has 0 radical (unpaired) electrons. The van der Waals surface area contributed by atoms with Crippen molar-refractivity contribution >= 4 is 109 Å². The van der Waals surface area contributed by atoms with E-state index in [0.717, 1.165) is 0 Å². The molecule has 0 heterocycles. The molecular formula is C90H79P5Pd. The monoisotopic (exact) mass is 1420 g/mol. The molecule has 0 unspecified atom stereocenters. The van der Waals surface area contributed by atoms with Gasteiger partial charge >= 0.3 is 463 Å². The maximum atomic E-state index is 2.59. The minimum atomic E-state index is -4.52. The van der Waals surface area contributed by atoms with Gasteiger partial charge in [0.05, 0.1) is 0 Å². The number of benzene rings is 15. The normalized spacial score (nSPS) is 13.3. The summed E-state index contributed by atoms with van der Waals surface area (Å²) in [7, 11) is -0.446. The van der Waals surface area contributed by atoms with Gasteiger partial charge in [0, 0.05) is 0 Å². The molecule has 6 heteroatoms. The first-order valence-electron chi connectivity index (χ1n) is 33.0. The van der Waals surface area contributed by atoms with E-state index in [2.05, 4.69) is 455 Å². The summed E-state index contributed by atoms with van der Waals surface area (Å²) in [5.74, 6) is 0. The van der Waals surface area contributed by atoms with Crippen LogP contribution < -0.4 is 79.6 Å². The summed E-state index contributed by atoms with van der Waals surface area (Å²) in [5.41, 5.74) is -15.7. The molecule has 15 aromatic rings. The Labute approximate surface area is 573 Å². The molecule has 0 bridgehead atoms. The van der Waals surface area contributed by atoms with Crippen LogP contribution in [0.5, 0.6) is 0 Å². The van der Waals surface area contributed by atoms with Crippen molar-refractivity contribution in [2.75, 3.05) is 0 Å². The molecule has 0 atom stereocenters. The molecule has 474 valence electrons. The molecule has 0 aliphatic heterocycles. The fraction of sp³-hybridized carbons (Fsp3) is 0. The second-order valence-corrected chi connectivity index (χ2v) is 76.5. The summed E-state index contributed by atoms with van der Waals surface area (Å²) in [6.07, 6.45) is 0. The number of hydrogen-bond donors (Lipinski definition) is 0. The summed E-state index contributed by atoms with van der Waals surface area (Å²) in [6.45, 7) is 0. The van der Waals surface area contributed by atoms with Gasteiger partial charge in [-0.3, -0.25) is 0 Å². The molecule has 0 aliphatic rings. The van der Waals surface area contributed by atoms with Crippen molar-refractivity contribution in [3.63, 3.8) is 0 Å². The van der Waals surface area contributed by atoms with Crippen LogP contribution in [0.15, 0.2) is 455 Å². The van der Waals surface area contributed by atoms with Gasteiger partial charge in [0.25, 0.3) is 0 Å². The summed E-state index contributed by atoms with van der Waals surface area (Å²) >= 11 is -4.52. The van der Waals surface area contributed by atoms with Crippen LogP contribution in [0.3, 0.4) is 0 Å². The molecular weight excluding hydrogens is 1340 g/mol. The molecule has 0 amide bonds. The van der Waals surface area contributed by atoms with Gasteiger partial charge < -0.3 is 0 Å². The zero-order valence-electron chi connectivity index (χ0n) is 53.6. The Morgan fingerprint density at radius 2 is 0.219 bits per heavy atom. The second-order valence-electron chi connectivity index (χ2n) is 23.7. The van der Waals surface area contributed by atoms with Crippen molar-refractivity contribution in [2.24, 2.45) is 0 Å². The van der Waals surface area contributed by atoms with E-state index >= 15 is 0 Å². The summed E-state index contributed by atoms with van der Waals surface area (Å²) in [4.78, 5) is 0. The van der Waals surface area contributed by atoms with Crippen molar-refractivity contribution in [3.8, 4) is 0 Å². The van der Waals surface area contributed by atoms with Crippen LogP contribution in [0, 0.1) is 0 Å². The zero-order chi connectivity index (χ0) is 64.8. The summed E-state index contributed by atoms with van der Waals surface area (Å²) in [5, 5.41) is 21.6. The van der Waals surface area contributed by atoms with Crippen molar-refractivity contribution < 1.29 is 13.6 Å². The van der Waals surface area contributed by atoms with Crippen LogP contribution in [-0.4, -0.2) is 0 Å². The van der Waals surface area contributed by atoms with Gasteiger partial charge in [0.15, 0.2) is 0 Å². The van der Waals surface area contributed by atoms with Crippen LogP contribution >= 0.6 is 29.7 Å². The van der Waals surface area contributed by atoms with Crippen molar-refractivity contribution in [1.82, 2.24) is 0 Å². The fourth-order valence-corrected chi connectivity index (χ4v) is 180. The molecule has 0 spiro atoms. The Hall–Kier alpha value is -8.89. The van der Waals surface area contributed by atoms with E-state index in [4.69, 9.17) is 0 Å². The quantitative estimate of drug-likeness (QED) is 0.0559. The Morgan fingerprint density at radius 1 is 0.125 bits per heavy atom. The van der Waals surface area contributed by atoms with Gasteiger partial charge in [-0.25, -0.2) is 0 Å². The van der Waals surface area contributed by atoms with Crippen LogP contribution in [0.4, 0.5) is 0 Å². The summed E-state index contributed by atoms with van der Waals surface area (Å²) < 4.78 is 0. The standard InChI is InChI=1S/5C18H15P.Pd/c5*1-4-10-16(11-5-1)19(17-12-6-2-7-13-17)18-14-8-3-9-15-18;/h5*1-15H;/q;;;;;-4/p+4. The first kappa shape index (κ1) is 64.5. The van der Waals surface area contributed by atoms with Crippen LogP contribution in [0.1, 0.15) is 0 Å². The number of rotatable bonds is 19. The van der Waals surface area contributed by atoms with Crippen LogP contribution in [0.25, 0.3) is 0 Å². The van der Waals surface area contributed by atoms with Crippen molar-refractivity contribution in [2.45, 2.75) is 0 Å². The zero-order valence-corrected chi connectivity index (χ0v) is 60.0. The van der Waals surface area contributed by atoms with Gasteiger partial charge in [-0.2, -0.15) is 0 Å². The Kier molecular flexibility index (Phi) is 20.2. The maximum absolute atomic E-state index is 4.52. The average molecular weight is 1420 g/mol. The molecule has 0 nitrogen and oxygen atoms in total. The van der Waals surface area contributed by atoms with Crippen LogP contribution in [-0.2, 0) is 13.6 Å². The van der Waals surface area contributed by atoms with E-state index < -0.39 is 43.3 Å². The van der Waals surface area contributed by atoms with E-state index in [1.807, 2.05) is 0 Å². The molecule has 0 aromatic heterocycles. The van der Waals surface area contributed by atoms with Crippen LogP contribution in [0.2, 0.25) is 0 Å². The predicted molar refractivity (Wildman–Crippen MR) is 431 cm³/mol. The molecule has 0 saturated carbocycles. The number of hydrogen-bond acceptors (Lipinski definition) is 0. The third-order valence-electron chi connectivity index (χ3n) is 18.3. The SMILES string of the molecule is c1ccc(P(c2ccccc2)c2ccccc2)cc1.c1ccc([PH](c2ccccc2)(c2ccccc2)[Pd]([PH](c2ccccc2)(c2ccccc2)c2ccccc2)([PH](c2ccccc2)(c2ccccc2)c2ccccc2)[PH](c2ccccc2)(c2ccccc2)c2ccccc2)cc1. The van der Waals surface area contributed by atoms with E-state index in [0.29, 0.717) is 0 Å². The Bertz CT molecular complexity index is 3820. The Balaban J connectivity index is 0.000000356. The van der Waals surface area contributed by atoms with Gasteiger partial charge in [-0.1, -0.05) is 91.0 Å². The topological polar surface area (TPSA) is 0 Å². The van der Waals surface area contributed by atoms with E-state index in [-0.39, 0.29) is 0 Å². The first-order chi connectivity index (χ1) is 47.7. The molecule has 15 aromatic carbocycles. The molecule has 96 heavy (non-hydrogen) atoms. The molecule has 0 aliphatic carbocycles. The van der Waals surface area contributed by atoms with Gasteiger partial charge in [0.1, 0.15) is 0 Å². The second kappa shape index (κ2) is 30.0. The fourth-order valence-electron chi connectivity index (χ4n) is 14.8. The Morgan fingerprint density at radius 3 is 0.323 bits per heavy atom. The van der Waals surface area contributed by atoms with Gasteiger partial charge in [-0.05, 0) is 23.8 Å². The van der Waals surface area contributed by atoms with Gasteiger partial charge in [-0.15, -0.1) is 0 Å². The third-order valence-corrected chi connectivity index (χ3v) is 124. The third kappa shape index (κ3) is 11.3.